The van der Waals surface area contributed by atoms with Crippen molar-refractivity contribution in [1.29, 1.82) is 0 Å². The summed E-state index contributed by atoms with van der Waals surface area (Å²) in [7, 11) is 0. The lowest BCUT2D eigenvalue weighted by atomic mass is 9.37. The molecule has 0 aromatic heterocycles. The fourth-order valence-corrected chi connectivity index (χ4v) is 10.0. The highest BCUT2D eigenvalue weighted by Gasteiger charge is 2.77. The molecule has 1 heterocycles. The van der Waals surface area contributed by atoms with Crippen LogP contribution in [0.25, 0.3) is 0 Å². The maximum atomic E-state index is 14.2. The van der Waals surface area contributed by atoms with E-state index in [1.807, 2.05) is 13.0 Å². The van der Waals surface area contributed by atoms with Gasteiger partial charge in [-0.05, 0) is 80.5 Å². The Hall–Kier alpha value is -1.49. The van der Waals surface area contributed by atoms with Gasteiger partial charge in [0.15, 0.2) is 0 Å². The van der Waals surface area contributed by atoms with Crippen LogP contribution in [0.5, 0.6) is 0 Å². The third-order valence-electron chi connectivity index (χ3n) is 12.1. The predicted molar refractivity (Wildman–Crippen MR) is 129 cm³/mol. The zero-order chi connectivity index (χ0) is 24.7. The lowest BCUT2D eigenvalue weighted by molar-refractivity contribution is -0.184. The number of carbonyl (C=O) groups is 3. The van der Waals surface area contributed by atoms with Crippen molar-refractivity contribution in [2.24, 2.45) is 45.8 Å². The quantitative estimate of drug-likeness (QED) is 0.528. The number of ketones is 2. The van der Waals surface area contributed by atoms with Crippen molar-refractivity contribution < 1.29 is 24.2 Å². The van der Waals surface area contributed by atoms with Gasteiger partial charge in [-0.15, -0.1) is 0 Å². The first kappa shape index (κ1) is 24.2. The molecule has 9 atom stereocenters. The summed E-state index contributed by atoms with van der Waals surface area (Å²) >= 11 is 0. The van der Waals surface area contributed by atoms with E-state index in [4.69, 9.17) is 9.84 Å². The minimum Gasteiger partial charge on any atom is -0.478 e. The van der Waals surface area contributed by atoms with E-state index in [9.17, 15) is 14.4 Å². The Bertz CT molecular complexity index is 952. The zero-order valence-corrected chi connectivity index (χ0v) is 21.6. The average molecular weight is 471 g/mol. The monoisotopic (exact) mass is 470 g/mol. The number of hydrogen-bond acceptors (Lipinski definition) is 4. The van der Waals surface area contributed by atoms with Gasteiger partial charge in [0.1, 0.15) is 11.6 Å². The van der Waals surface area contributed by atoms with Gasteiger partial charge < -0.3 is 9.84 Å². The van der Waals surface area contributed by atoms with Crippen LogP contribution < -0.4 is 0 Å². The number of rotatable bonds is 5. The Morgan fingerprint density at radius 3 is 2.59 bits per heavy atom. The Kier molecular flexibility index (Phi) is 5.52. The predicted octanol–water partition coefficient (Wildman–Crippen LogP) is 5.61. The highest BCUT2D eigenvalue weighted by molar-refractivity contribution is 5.90. The summed E-state index contributed by atoms with van der Waals surface area (Å²) in [4.78, 5) is 38.0. The normalized spacial score (nSPS) is 48.8. The Morgan fingerprint density at radius 1 is 1.15 bits per heavy atom. The van der Waals surface area contributed by atoms with Crippen molar-refractivity contribution in [3.8, 4) is 0 Å². The fourth-order valence-electron chi connectivity index (χ4n) is 10.0. The molecule has 1 aliphatic heterocycles. The molecule has 4 aliphatic carbocycles. The summed E-state index contributed by atoms with van der Waals surface area (Å²) in [6.45, 7) is 11.4. The van der Waals surface area contributed by atoms with Crippen molar-refractivity contribution in [3.05, 3.63) is 11.6 Å². The molecule has 188 valence electrons. The van der Waals surface area contributed by atoms with Gasteiger partial charge in [0.25, 0.3) is 0 Å². The molecule has 0 amide bonds. The van der Waals surface area contributed by atoms with Crippen LogP contribution in [0.15, 0.2) is 11.6 Å². The van der Waals surface area contributed by atoms with Crippen LogP contribution in [0.2, 0.25) is 0 Å². The van der Waals surface area contributed by atoms with Crippen LogP contribution in [0.1, 0.15) is 92.4 Å². The number of carboxylic acid groups (broad SMARTS) is 1. The number of carboxylic acids is 1. The van der Waals surface area contributed by atoms with E-state index in [1.54, 1.807) is 6.92 Å². The van der Waals surface area contributed by atoms with Crippen LogP contribution in [-0.2, 0) is 19.1 Å². The number of Topliss-reactive ketones (excluding diaryl/α,β-unsaturated/α-hetero) is 2. The first-order chi connectivity index (χ1) is 15.9. The molecule has 5 rings (SSSR count). The van der Waals surface area contributed by atoms with E-state index in [-0.39, 0.29) is 22.7 Å². The maximum absolute atomic E-state index is 14.2. The van der Waals surface area contributed by atoms with Crippen LogP contribution in [0.3, 0.4) is 0 Å². The molecule has 0 aromatic rings. The minimum atomic E-state index is -0.845. The molecule has 2 bridgehead atoms. The molecule has 1 spiro atoms. The van der Waals surface area contributed by atoms with Gasteiger partial charge in [0.2, 0.25) is 0 Å². The van der Waals surface area contributed by atoms with Crippen molar-refractivity contribution >= 4 is 17.5 Å². The summed E-state index contributed by atoms with van der Waals surface area (Å²) < 4.78 is 6.58. The molecule has 5 nitrogen and oxygen atoms in total. The van der Waals surface area contributed by atoms with Gasteiger partial charge in [0.05, 0.1) is 17.6 Å². The van der Waals surface area contributed by atoms with Crippen LogP contribution in [-0.4, -0.2) is 34.9 Å². The fraction of sp³-hybridized carbons (Fsp3) is 0.828. The molecular weight excluding hydrogens is 428 g/mol. The van der Waals surface area contributed by atoms with Crippen LogP contribution in [0, 0.1) is 45.8 Å². The molecule has 5 aliphatic rings. The molecule has 5 heteroatoms. The molecule has 9 unspecified atom stereocenters. The molecule has 0 aromatic carbocycles. The number of carbonyl (C=O) groups excluding carboxylic acids is 2. The largest absolute Gasteiger partial charge is 0.478 e. The second-order valence-corrected chi connectivity index (χ2v) is 13.0. The van der Waals surface area contributed by atoms with E-state index in [2.05, 4.69) is 20.8 Å². The SMILES string of the molecule is CC(=CCCC(C)C1CCC2(C)C3CCC45OCC3(C(=O)CC12C)C4CCC(=O)C5C)C(=O)O. The summed E-state index contributed by atoms with van der Waals surface area (Å²) in [5.74, 6) is 1.22. The third kappa shape index (κ3) is 2.85. The second kappa shape index (κ2) is 7.75. The van der Waals surface area contributed by atoms with Gasteiger partial charge in [-0.3, -0.25) is 9.59 Å². The smallest absolute Gasteiger partial charge is 0.330 e. The number of allylic oxidation sites excluding steroid dienone is 1. The Morgan fingerprint density at radius 2 is 1.88 bits per heavy atom. The number of ether oxygens (including phenoxy) is 1. The van der Waals surface area contributed by atoms with Gasteiger partial charge >= 0.3 is 5.97 Å². The molecule has 0 radical (unpaired) electrons. The molecule has 34 heavy (non-hydrogen) atoms. The average Bonchev–Trinajstić information content (AvgIpc) is 3.18. The molecule has 4 saturated carbocycles. The topological polar surface area (TPSA) is 80.7 Å². The summed E-state index contributed by atoms with van der Waals surface area (Å²) in [5.41, 5.74) is -0.343. The van der Waals surface area contributed by atoms with Crippen LogP contribution >= 0.6 is 0 Å². The van der Waals surface area contributed by atoms with Crippen molar-refractivity contribution in [1.82, 2.24) is 0 Å². The second-order valence-electron chi connectivity index (χ2n) is 13.0. The third-order valence-corrected chi connectivity index (χ3v) is 12.1. The van der Waals surface area contributed by atoms with E-state index in [0.717, 1.165) is 44.9 Å². The highest BCUT2D eigenvalue weighted by Crippen LogP contribution is 2.76. The van der Waals surface area contributed by atoms with Gasteiger partial charge in [-0.1, -0.05) is 33.8 Å². The number of fused-ring (bicyclic) bond motifs is 2. The van der Waals surface area contributed by atoms with E-state index in [0.29, 0.717) is 54.3 Å². The first-order valence-corrected chi connectivity index (χ1v) is 13.5. The molecule has 1 N–H and O–H groups in total. The van der Waals surface area contributed by atoms with E-state index < -0.39 is 17.0 Å². The summed E-state index contributed by atoms with van der Waals surface area (Å²) in [6, 6.07) is 0. The van der Waals surface area contributed by atoms with E-state index in [1.165, 1.54) is 0 Å². The lowest BCUT2D eigenvalue weighted by Gasteiger charge is -2.64. The minimum absolute atomic E-state index is 0.0380. The number of aliphatic carboxylic acids is 1. The molecule has 5 fully saturated rings. The number of hydrogen-bond donors (Lipinski definition) is 1. The highest BCUT2D eigenvalue weighted by atomic mass is 16.5. The first-order valence-electron chi connectivity index (χ1n) is 13.5. The maximum Gasteiger partial charge on any atom is 0.330 e. The standard InChI is InChI=1S/C29H42O5/c1-17(7-6-8-18(2)25(32)33)20-11-13-26(4)22-12-14-29-19(3)21(30)9-10-23(29)28(22,16-34-29)24(31)15-27(20,26)5/h8,17,19-20,22-23H,6-7,9-16H2,1-5H3,(H,32,33). The molecule has 1 saturated heterocycles. The Labute approximate surface area is 204 Å². The van der Waals surface area contributed by atoms with Crippen LogP contribution in [0.4, 0.5) is 0 Å². The lowest BCUT2D eigenvalue weighted by Crippen LogP contribution is -2.66. The van der Waals surface area contributed by atoms with Gasteiger partial charge in [-0.25, -0.2) is 4.79 Å². The zero-order valence-electron chi connectivity index (χ0n) is 21.6. The van der Waals surface area contributed by atoms with Crippen molar-refractivity contribution in [2.45, 2.75) is 98.0 Å². The van der Waals surface area contributed by atoms with Gasteiger partial charge in [-0.2, -0.15) is 0 Å². The Balaban J connectivity index is 1.43. The summed E-state index contributed by atoms with van der Waals surface area (Å²) in [6.07, 6.45) is 9.80. The molecular formula is C29H42O5. The summed E-state index contributed by atoms with van der Waals surface area (Å²) in [5, 5.41) is 9.16. The van der Waals surface area contributed by atoms with Gasteiger partial charge in [0, 0.05) is 30.3 Å². The van der Waals surface area contributed by atoms with Crippen molar-refractivity contribution in [2.75, 3.05) is 6.61 Å². The van der Waals surface area contributed by atoms with E-state index >= 15 is 0 Å². The van der Waals surface area contributed by atoms with Crippen molar-refractivity contribution in [3.63, 3.8) is 0 Å².